The number of aromatic nitrogens is 1. The maximum absolute atomic E-state index is 11.3. The van der Waals surface area contributed by atoms with Gasteiger partial charge in [0.2, 0.25) is 0 Å². The minimum atomic E-state index is -1.18. The number of carbonyl (C=O) groups is 4. The number of carboxylic acid groups (broad SMARTS) is 4. The van der Waals surface area contributed by atoms with Crippen molar-refractivity contribution in [2.24, 2.45) is 22.9 Å². The lowest BCUT2D eigenvalue weighted by Gasteiger charge is -2.15. The maximum atomic E-state index is 11.3. The van der Waals surface area contributed by atoms with Gasteiger partial charge in [-0.05, 0) is 57.4 Å². The Balaban J connectivity index is 3.36. The molecule has 1 heterocycles. The van der Waals surface area contributed by atoms with Crippen molar-refractivity contribution in [2.45, 2.75) is 94.9 Å². The number of unbranched alkanes of at least 4 members (excludes halogenated alkanes) is 1. The summed E-state index contributed by atoms with van der Waals surface area (Å²) in [6.45, 7) is 0.374. The molecule has 13 heteroatoms. The van der Waals surface area contributed by atoms with Crippen molar-refractivity contribution in [3.8, 4) is 0 Å². The Labute approximate surface area is 216 Å². The van der Waals surface area contributed by atoms with Crippen LogP contribution in [0.1, 0.15) is 63.1 Å². The molecule has 0 fully saturated rings. The first-order valence-electron chi connectivity index (χ1n) is 12.7. The van der Waals surface area contributed by atoms with Crippen LogP contribution in [-0.2, 0) is 45.0 Å². The molecule has 0 aliphatic heterocycles. The zero-order valence-corrected chi connectivity index (χ0v) is 20.8. The summed E-state index contributed by atoms with van der Waals surface area (Å²) in [5.41, 5.74) is 24.5. The van der Waals surface area contributed by atoms with Crippen LogP contribution >= 0.6 is 0 Å². The highest BCUT2D eigenvalue weighted by Gasteiger charge is 2.23. The molecular weight excluding hydrogens is 486 g/mol. The fourth-order valence-electron chi connectivity index (χ4n) is 3.73. The van der Waals surface area contributed by atoms with Crippen molar-refractivity contribution in [1.29, 1.82) is 0 Å². The van der Waals surface area contributed by atoms with Crippen LogP contribution in [-0.4, -0.2) is 68.5 Å². The number of aliphatic carboxylic acids is 4. The summed E-state index contributed by atoms with van der Waals surface area (Å²) in [7, 11) is 0. The van der Waals surface area contributed by atoms with Gasteiger partial charge in [-0.1, -0.05) is 0 Å². The van der Waals surface area contributed by atoms with Crippen molar-refractivity contribution in [3.05, 3.63) is 29.1 Å². The highest BCUT2D eigenvalue weighted by atomic mass is 16.4. The average Bonchev–Trinajstić information content (AvgIpc) is 2.85. The van der Waals surface area contributed by atoms with Crippen molar-refractivity contribution in [3.63, 3.8) is 0 Å². The van der Waals surface area contributed by atoms with E-state index in [1.165, 1.54) is 0 Å². The monoisotopic (exact) mass is 527 g/mol. The number of carboxylic acids is 4. The van der Waals surface area contributed by atoms with E-state index >= 15 is 0 Å². The van der Waals surface area contributed by atoms with Gasteiger partial charge in [-0.25, -0.2) is 4.57 Å². The van der Waals surface area contributed by atoms with E-state index in [-0.39, 0.29) is 38.5 Å². The molecule has 0 saturated carbocycles. The third-order valence-electron chi connectivity index (χ3n) is 6.04. The van der Waals surface area contributed by atoms with E-state index in [9.17, 15) is 24.3 Å². The van der Waals surface area contributed by atoms with Crippen LogP contribution in [0.3, 0.4) is 0 Å². The topological polar surface area (TPSA) is 257 Å². The molecule has 5 atom stereocenters. The third kappa shape index (κ3) is 11.6. The summed E-state index contributed by atoms with van der Waals surface area (Å²) in [5.74, 6) is -4.60. The highest BCUT2D eigenvalue weighted by Crippen LogP contribution is 2.17. The van der Waals surface area contributed by atoms with Gasteiger partial charge >= 0.3 is 23.9 Å². The van der Waals surface area contributed by atoms with E-state index in [4.69, 9.17) is 39.6 Å². The first kappa shape index (κ1) is 30.1. The first-order chi connectivity index (χ1) is 17.7. The van der Waals surface area contributed by atoms with Crippen LogP contribution in [0.2, 0.25) is 0 Å². The molecule has 0 aliphatic carbocycles. The fraction of sp³-hybridized carbons (Fsp3) is 0.625. The molecule has 2 unspecified atom stereocenters. The normalized spacial score (nSPS) is 15.7. The second kappa shape index (κ2) is 15.9. The zero-order chi connectivity index (χ0) is 29.0. The lowest BCUT2D eigenvalue weighted by Crippen LogP contribution is -2.41. The minimum absolute atomic E-state index is 0.0419. The van der Waals surface area contributed by atoms with Crippen molar-refractivity contribution in [2.75, 3.05) is 0 Å². The van der Waals surface area contributed by atoms with Gasteiger partial charge in [0.25, 0.3) is 0 Å². The van der Waals surface area contributed by atoms with E-state index in [0.29, 0.717) is 37.1 Å². The van der Waals surface area contributed by atoms with Gasteiger partial charge in [-0.3, -0.25) is 19.2 Å². The Morgan fingerprint density at radius 1 is 0.730 bits per heavy atom. The molecule has 1 aromatic heterocycles. The van der Waals surface area contributed by atoms with Gasteiger partial charge < -0.3 is 43.4 Å². The molecule has 12 N–H and O–H groups in total. The molecule has 0 bridgehead atoms. The van der Waals surface area contributed by atoms with Crippen molar-refractivity contribution >= 4 is 23.9 Å². The van der Waals surface area contributed by atoms with Gasteiger partial charge in [-0.2, -0.15) is 0 Å². The van der Waals surface area contributed by atoms with Gasteiger partial charge in [0.1, 0.15) is 30.7 Å². The third-order valence-corrected chi connectivity index (χ3v) is 6.04. The number of rotatable bonds is 19. The van der Waals surface area contributed by atoms with Gasteiger partial charge in [-0.15, -0.1) is 0 Å². The predicted molar refractivity (Wildman–Crippen MR) is 133 cm³/mol. The van der Waals surface area contributed by atoms with Gasteiger partial charge in [0, 0.05) is 25.3 Å². The second-order valence-electron chi connectivity index (χ2n) is 9.09. The van der Waals surface area contributed by atoms with Gasteiger partial charge in [0.15, 0.2) is 11.9 Å². The largest absolute Gasteiger partial charge is 0.480 e. The summed E-state index contributed by atoms with van der Waals surface area (Å²) < 4.78 is 10.6. The van der Waals surface area contributed by atoms with Crippen LogP contribution in [0.25, 0.3) is 0 Å². The quantitative estimate of drug-likeness (QED) is 0.0794. The van der Waals surface area contributed by atoms with Crippen LogP contribution < -0.4 is 27.5 Å². The summed E-state index contributed by atoms with van der Waals surface area (Å²) in [6.07, 6.45) is 3.03. The fourth-order valence-corrected chi connectivity index (χ4v) is 3.73. The van der Waals surface area contributed by atoms with E-state index in [2.05, 4.69) is 0 Å². The average molecular weight is 528 g/mol. The van der Waals surface area contributed by atoms with Crippen LogP contribution in [0.5, 0.6) is 0 Å². The molecule has 0 saturated heterocycles. The number of aryl methyl sites for hydroxylation is 3. The molecule has 0 aliphatic rings. The van der Waals surface area contributed by atoms with E-state index in [1.54, 1.807) is 16.8 Å². The van der Waals surface area contributed by atoms with E-state index in [1.807, 2.05) is 0 Å². The Bertz CT molecular complexity index is 979. The van der Waals surface area contributed by atoms with Crippen LogP contribution in [0, 0.1) is 0 Å². The number of hydrogen-bond donors (Lipinski definition) is 8. The number of hydrogen-bond acceptors (Lipinski definition) is 8. The molecule has 37 heavy (non-hydrogen) atoms. The number of pyridine rings is 1. The van der Waals surface area contributed by atoms with Crippen molar-refractivity contribution < 1.29 is 45.5 Å². The molecule has 1 rings (SSSR count). The lowest BCUT2D eigenvalue weighted by atomic mass is 9.96. The molecule has 13 nitrogen and oxygen atoms in total. The molecular formula is C24H40N5O8+. The summed E-state index contributed by atoms with van der Waals surface area (Å²) in [4.78, 5) is 44.6. The minimum Gasteiger partial charge on any atom is -0.480 e. The Hall–Kier alpha value is -3.13. The predicted octanol–water partition coefficient (Wildman–Crippen LogP) is -1.02. The molecule has 0 radical (unpaired) electrons. The van der Waals surface area contributed by atoms with Crippen molar-refractivity contribution in [1.82, 2.24) is 0 Å². The lowest BCUT2D eigenvalue weighted by molar-refractivity contribution is -0.705. The summed E-state index contributed by atoms with van der Waals surface area (Å²) in [5, 5.41) is 36.5. The molecule has 0 aromatic carbocycles. The van der Waals surface area contributed by atoms with Crippen LogP contribution in [0.4, 0.5) is 0 Å². The molecule has 208 valence electrons. The van der Waals surface area contributed by atoms with E-state index in [0.717, 1.165) is 5.56 Å². The Morgan fingerprint density at radius 2 is 1.19 bits per heavy atom. The highest BCUT2D eigenvalue weighted by molar-refractivity contribution is 5.74. The molecule has 0 spiro atoms. The molecule has 1 aromatic rings. The smallest absolute Gasteiger partial charge is 0.320 e. The number of nitrogens with two attached hydrogens (primary N) is 4. The SMILES string of the molecule is [2H]C(CC[C@H](N)C(=O)O)c1c(CC[C@H](N)C(=O)O)cc(CCC(N)C(=O)O)c[n+]1CCCC[C@H](N)C(=O)O. The Kier molecular flexibility index (Phi) is 12.9. The second-order valence-corrected chi connectivity index (χ2v) is 9.09. The maximum Gasteiger partial charge on any atom is 0.320 e. The Morgan fingerprint density at radius 3 is 1.70 bits per heavy atom. The molecule has 0 amide bonds. The summed E-state index contributed by atoms with van der Waals surface area (Å²) in [6, 6.07) is -2.59. The first-order valence-corrected chi connectivity index (χ1v) is 12.2. The summed E-state index contributed by atoms with van der Waals surface area (Å²) >= 11 is 0. The van der Waals surface area contributed by atoms with E-state index < -0.39 is 54.4 Å². The zero-order valence-electron chi connectivity index (χ0n) is 21.8. The van der Waals surface area contributed by atoms with Crippen LogP contribution in [0.15, 0.2) is 12.3 Å². The standard InChI is InChI=1S/C24H39N5O8/c25-16(21(30)31)4-1-2-11-29-13-14(7-9-18(27)23(34)35)12-15(8-10-19(28)24(36)37)20(29)6-3-5-17(26)22(32)33/h12-13,16-19H,1-11,25-28H2,(H3-,30,31,32,33,34,35,36,37)/p+1/t16-,17-,18?,19-/m0/s1/i6D/t6?,16-,17-,18?,19-. The van der Waals surface area contributed by atoms with Gasteiger partial charge in [0.05, 0.1) is 0 Å². The number of nitrogens with zero attached hydrogens (tertiary/aromatic N) is 1.